The number of aromatic carboxylic acids is 1. The lowest BCUT2D eigenvalue weighted by Gasteiger charge is -2.17. The highest BCUT2D eigenvalue weighted by Crippen LogP contribution is 2.36. The average molecular weight is 456 g/mol. The molecule has 0 saturated heterocycles. The topological polar surface area (TPSA) is 92.9 Å². The molecule has 0 radical (unpaired) electrons. The van der Waals surface area contributed by atoms with E-state index in [1.165, 1.54) is 18.4 Å². The van der Waals surface area contributed by atoms with E-state index in [-0.39, 0.29) is 11.9 Å². The number of carboxylic acids is 1. The van der Waals surface area contributed by atoms with Crippen LogP contribution in [-0.4, -0.2) is 36.6 Å². The molecule has 0 aliphatic heterocycles. The lowest BCUT2D eigenvalue weighted by Crippen LogP contribution is -2.20. The van der Waals surface area contributed by atoms with E-state index in [9.17, 15) is 9.90 Å². The fourth-order valence-corrected chi connectivity index (χ4v) is 4.38. The fourth-order valence-electron chi connectivity index (χ4n) is 4.38. The third kappa shape index (κ3) is 4.38. The SMILES string of the molecule is CCc1ccc(Cn2c(-c3cccc(C)c3)nc3nc(C(=O)O)nc(N[C@H](C)C4CC4)c32)cc1. The van der Waals surface area contributed by atoms with Crippen LogP contribution in [0.1, 0.15) is 54.0 Å². The molecule has 0 amide bonds. The smallest absolute Gasteiger partial charge is 0.374 e. The first-order valence-corrected chi connectivity index (χ1v) is 11.9. The van der Waals surface area contributed by atoms with Gasteiger partial charge in [0.05, 0.1) is 0 Å². The molecule has 1 fully saturated rings. The van der Waals surface area contributed by atoms with Crippen LogP contribution in [0.3, 0.4) is 0 Å². The first-order chi connectivity index (χ1) is 16.4. The molecule has 34 heavy (non-hydrogen) atoms. The molecule has 0 unspecified atom stereocenters. The molecule has 1 aliphatic carbocycles. The van der Waals surface area contributed by atoms with E-state index in [1.807, 2.05) is 25.1 Å². The van der Waals surface area contributed by atoms with Gasteiger partial charge >= 0.3 is 5.97 Å². The van der Waals surface area contributed by atoms with E-state index < -0.39 is 5.97 Å². The van der Waals surface area contributed by atoms with Crippen LogP contribution in [-0.2, 0) is 13.0 Å². The van der Waals surface area contributed by atoms with Gasteiger partial charge in [-0.25, -0.2) is 19.7 Å². The van der Waals surface area contributed by atoms with Crippen LogP contribution in [0.2, 0.25) is 0 Å². The van der Waals surface area contributed by atoms with Crippen molar-refractivity contribution in [3.8, 4) is 11.4 Å². The van der Waals surface area contributed by atoms with E-state index in [4.69, 9.17) is 4.98 Å². The van der Waals surface area contributed by atoms with Gasteiger partial charge < -0.3 is 15.0 Å². The van der Waals surface area contributed by atoms with Gasteiger partial charge in [0, 0.05) is 18.2 Å². The number of anilines is 1. The Kier molecular flexibility index (Phi) is 5.77. The van der Waals surface area contributed by atoms with Gasteiger partial charge in [-0.3, -0.25) is 0 Å². The van der Waals surface area contributed by atoms with Crippen LogP contribution in [0.15, 0.2) is 48.5 Å². The monoisotopic (exact) mass is 455 g/mol. The van der Waals surface area contributed by atoms with Crippen LogP contribution < -0.4 is 5.32 Å². The highest BCUT2D eigenvalue weighted by molar-refractivity contribution is 5.92. The molecule has 4 aromatic rings. The summed E-state index contributed by atoms with van der Waals surface area (Å²) >= 11 is 0. The van der Waals surface area contributed by atoms with E-state index in [0.717, 1.165) is 34.5 Å². The summed E-state index contributed by atoms with van der Waals surface area (Å²) in [6.45, 7) is 6.89. The second-order valence-corrected chi connectivity index (χ2v) is 9.20. The number of fused-ring (bicyclic) bond motifs is 1. The van der Waals surface area contributed by atoms with Crippen molar-refractivity contribution in [3.63, 3.8) is 0 Å². The van der Waals surface area contributed by atoms with Crippen molar-refractivity contribution >= 4 is 23.0 Å². The minimum atomic E-state index is -1.16. The Morgan fingerprint density at radius 3 is 2.50 bits per heavy atom. The first-order valence-electron chi connectivity index (χ1n) is 11.9. The van der Waals surface area contributed by atoms with Crippen molar-refractivity contribution in [3.05, 3.63) is 71.0 Å². The van der Waals surface area contributed by atoms with Gasteiger partial charge in [0.15, 0.2) is 11.5 Å². The lowest BCUT2D eigenvalue weighted by molar-refractivity contribution is 0.0684. The molecule has 1 atom stereocenters. The van der Waals surface area contributed by atoms with Crippen LogP contribution in [0, 0.1) is 12.8 Å². The van der Waals surface area contributed by atoms with Gasteiger partial charge in [-0.2, -0.15) is 0 Å². The molecule has 2 aromatic carbocycles. The van der Waals surface area contributed by atoms with Crippen molar-refractivity contribution in [2.24, 2.45) is 5.92 Å². The zero-order valence-electron chi connectivity index (χ0n) is 19.7. The second-order valence-electron chi connectivity index (χ2n) is 9.20. The number of aryl methyl sites for hydroxylation is 2. The Balaban J connectivity index is 1.71. The number of carboxylic acid groups (broad SMARTS) is 1. The number of hydrogen-bond donors (Lipinski definition) is 2. The van der Waals surface area contributed by atoms with E-state index >= 15 is 0 Å². The third-order valence-corrected chi connectivity index (χ3v) is 6.54. The van der Waals surface area contributed by atoms with E-state index in [0.29, 0.717) is 23.9 Å². The quantitative estimate of drug-likeness (QED) is 0.373. The molecule has 7 nitrogen and oxygen atoms in total. The minimum Gasteiger partial charge on any atom is -0.475 e. The Hall–Kier alpha value is -3.74. The predicted octanol–water partition coefficient (Wildman–Crippen LogP) is 5.32. The summed E-state index contributed by atoms with van der Waals surface area (Å²) in [4.78, 5) is 25.4. The summed E-state index contributed by atoms with van der Waals surface area (Å²) in [5, 5.41) is 13.1. The van der Waals surface area contributed by atoms with Crippen molar-refractivity contribution in [2.45, 2.75) is 52.6 Å². The molecule has 1 saturated carbocycles. The molecule has 0 spiro atoms. The number of hydrogen-bond acceptors (Lipinski definition) is 5. The third-order valence-electron chi connectivity index (χ3n) is 6.54. The number of nitrogens with one attached hydrogen (secondary N) is 1. The summed E-state index contributed by atoms with van der Waals surface area (Å²) in [7, 11) is 0. The van der Waals surface area contributed by atoms with Crippen LogP contribution in [0.25, 0.3) is 22.6 Å². The number of aromatic nitrogens is 4. The number of imidazole rings is 1. The number of rotatable bonds is 8. The molecule has 2 aromatic heterocycles. The molecule has 174 valence electrons. The maximum absolute atomic E-state index is 11.8. The highest BCUT2D eigenvalue weighted by atomic mass is 16.4. The Labute approximate surface area is 198 Å². The largest absolute Gasteiger partial charge is 0.475 e. The predicted molar refractivity (Wildman–Crippen MR) is 133 cm³/mol. The summed E-state index contributed by atoms with van der Waals surface area (Å²) in [6, 6.07) is 16.9. The van der Waals surface area contributed by atoms with Gasteiger partial charge in [0.1, 0.15) is 11.3 Å². The molecule has 1 aliphatic rings. The maximum Gasteiger partial charge on any atom is 0.374 e. The Morgan fingerprint density at radius 2 is 1.85 bits per heavy atom. The van der Waals surface area contributed by atoms with Crippen LogP contribution in [0.4, 0.5) is 5.82 Å². The molecule has 2 N–H and O–H groups in total. The van der Waals surface area contributed by atoms with Crippen LogP contribution in [0.5, 0.6) is 0 Å². The first kappa shape index (κ1) is 22.1. The molecule has 5 rings (SSSR count). The highest BCUT2D eigenvalue weighted by Gasteiger charge is 2.30. The van der Waals surface area contributed by atoms with Crippen molar-refractivity contribution < 1.29 is 9.90 Å². The second kappa shape index (κ2) is 8.89. The van der Waals surface area contributed by atoms with Crippen molar-refractivity contribution in [1.82, 2.24) is 19.5 Å². The van der Waals surface area contributed by atoms with Crippen LogP contribution >= 0.6 is 0 Å². The Bertz CT molecular complexity index is 1360. The van der Waals surface area contributed by atoms with E-state index in [1.54, 1.807) is 0 Å². The maximum atomic E-state index is 11.8. The normalized spacial score (nSPS) is 14.3. The van der Waals surface area contributed by atoms with Gasteiger partial charge in [-0.05, 0) is 56.2 Å². The zero-order chi connectivity index (χ0) is 23.8. The average Bonchev–Trinajstić information content (AvgIpc) is 3.62. The van der Waals surface area contributed by atoms with Gasteiger partial charge in [0.25, 0.3) is 0 Å². The summed E-state index contributed by atoms with van der Waals surface area (Å²) < 4.78 is 2.11. The number of nitrogens with zero attached hydrogens (tertiary/aromatic N) is 4. The minimum absolute atomic E-state index is 0.189. The number of benzene rings is 2. The van der Waals surface area contributed by atoms with Gasteiger partial charge in [-0.15, -0.1) is 0 Å². The van der Waals surface area contributed by atoms with Crippen molar-refractivity contribution in [2.75, 3.05) is 5.32 Å². The van der Waals surface area contributed by atoms with Gasteiger partial charge in [-0.1, -0.05) is 55.0 Å². The summed E-state index contributed by atoms with van der Waals surface area (Å²) in [6.07, 6.45) is 3.33. The van der Waals surface area contributed by atoms with Gasteiger partial charge in [0.2, 0.25) is 5.82 Å². The van der Waals surface area contributed by atoms with Crippen molar-refractivity contribution in [1.29, 1.82) is 0 Å². The lowest BCUT2D eigenvalue weighted by atomic mass is 10.1. The molecule has 2 heterocycles. The molecular formula is C27H29N5O2. The summed E-state index contributed by atoms with van der Waals surface area (Å²) in [5.41, 5.74) is 5.62. The fraction of sp³-hybridized carbons (Fsp3) is 0.333. The number of carbonyl (C=O) groups is 1. The summed E-state index contributed by atoms with van der Waals surface area (Å²) in [5.74, 6) is 0.444. The molecular weight excluding hydrogens is 426 g/mol. The Morgan fingerprint density at radius 1 is 1.12 bits per heavy atom. The zero-order valence-corrected chi connectivity index (χ0v) is 19.7. The molecule has 0 bridgehead atoms. The molecule has 7 heteroatoms. The standard InChI is InChI=1S/C27H29N5O2/c1-4-18-8-10-19(11-9-18)15-32-22-23(28-17(3)20-12-13-20)29-25(27(33)34)30-24(22)31-26(32)21-7-5-6-16(2)14-21/h5-11,14,17,20H,4,12-13,15H2,1-3H3,(H,33,34)(H,28,29,30)/t17-/m1/s1. The van der Waals surface area contributed by atoms with E-state index in [2.05, 4.69) is 64.0 Å².